The molecule has 3 aromatic rings. The fourth-order valence-corrected chi connectivity index (χ4v) is 3.50. The van der Waals surface area contributed by atoms with Gasteiger partial charge in [-0.1, -0.05) is 15.9 Å². The molecule has 0 aliphatic heterocycles. The normalized spacial score (nSPS) is 11.7. The number of sulfonamides is 1. The minimum Gasteiger partial charge on any atom is -0.459 e. The van der Waals surface area contributed by atoms with Crippen LogP contribution in [0, 0.1) is 5.82 Å². The van der Waals surface area contributed by atoms with Crippen LogP contribution in [0.4, 0.5) is 4.39 Å². The topological polar surface area (TPSA) is 101 Å². The van der Waals surface area contributed by atoms with Gasteiger partial charge in [0.2, 0.25) is 10.0 Å². The lowest BCUT2D eigenvalue weighted by Gasteiger charge is -2.05. The summed E-state index contributed by atoms with van der Waals surface area (Å²) in [5.74, 6) is -0.251. The Labute approximate surface area is 174 Å². The maximum Gasteiger partial charge on any atom is 0.271 e. The van der Waals surface area contributed by atoms with Crippen LogP contribution in [-0.4, -0.2) is 20.5 Å². The Morgan fingerprint density at radius 1 is 1.07 bits per heavy atom. The molecule has 1 heterocycles. The zero-order chi connectivity index (χ0) is 20.9. The van der Waals surface area contributed by atoms with Gasteiger partial charge < -0.3 is 4.42 Å². The lowest BCUT2D eigenvalue weighted by Crippen LogP contribution is -2.22. The Bertz CT molecular complexity index is 1130. The number of hydrogen-bond acceptors (Lipinski definition) is 5. The van der Waals surface area contributed by atoms with Gasteiger partial charge in [0.15, 0.2) is 0 Å². The maximum atomic E-state index is 12.9. The van der Waals surface area contributed by atoms with Crippen molar-refractivity contribution in [3.63, 3.8) is 0 Å². The Hall–Kier alpha value is -2.82. The highest BCUT2D eigenvalue weighted by Gasteiger charge is 2.14. The van der Waals surface area contributed by atoms with Gasteiger partial charge in [0, 0.05) is 10.0 Å². The highest BCUT2D eigenvalue weighted by molar-refractivity contribution is 9.10. The van der Waals surface area contributed by atoms with Crippen molar-refractivity contribution in [3.8, 4) is 0 Å². The molecule has 2 N–H and O–H groups in total. The van der Waals surface area contributed by atoms with Crippen molar-refractivity contribution in [2.24, 2.45) is 5.10 Å². The molecule has 0 aliphatic carbocycles. The molecule has 0 radical (unpaired) electrons. The molecule has 0 saturated carbocycles. The van der Waals surface area contributed by atoms with Gasteiger partial charge >= 0.3 is 0 Å². The van der Waals surface area contributed by atoms with Crippen molar-refractivity contribution in [1.82, 2.24) is 10.1 Å². The molecule has 0 atom stereocenters. The molecule has 1 amide bonds. The van der Waals surface area contributed by atoms with Crippen molar-refractivity contribution < 1.29 is 22.0 Å². The van der Waals surface area contributed by atoms with Gasteiger partial charge in [-0.05, 0) is 60.7 Å². The zero-order valence-electron chi connectivity index (χ0n) is 14.8. The summed E-state index contributed by atoms with van der Waals surface area (Å²) in [6.07, 6.45) is 1.27. The molecule has 0 bridgehead atoms. The number of rotatable bonds is 7. The molecule has 0 fully saturated rings. The number of amides is 1. The summed E-state index contributed by atoms with van der Waals surface area (Å²) in [5, 5.41) is 3.76. The van der Waals surface area contributed by atoms with Crippen molar-refractivity contribution in [2.75, 3.05) is 0 Å². The average Bonchev–Trinajstić information content (AvgIpc) is 3.15. The Kier molecular flexibility index (Phi) is 6.57. The van der Waals surface area contributed by atoms with E-state index < -0.39 is 21.7 Å². The largest absolute Gasteiger partial charge is 0.459 e. The molecular weight excluding hydrogens is 465 g/mol. The lowest BCUT2D eigenvalue weighted by atomic mass is 10.2. The summed E-state index contributed by atoms with van der Waals surface area (Å²) in [7, 11) is -3.68. The fourth-order valence-electron chi connectivity index (χ4n) is 2.24. The van der Waals surface area contributed by atoms with Crippen LogP contribution in [0.2, 0.25) is 0 Å². The van der Waals surface area contributed by atoms with Crippen molar-refractivity contribution in [2.45, 2.75) is 11.4 Å². The second-order valence-electron chi connectivity index (χ2n) is 5.79. The van der Waals surface area contributed by atoms with E-state index in [1.54, 1.807) is 24.3 Å². The second-order valence-corrected chi connectivity index (χ2v) is 8.47. The van der Waals surface area contributed by atoms with E-state index in [4.69, 9.17) is 4.42 Å². The average molecular weight is 480 g/mol. The van der Waals surface area contributed by atoms with E-state index in [-0.39, 0.29) is 17.0 Å². The summed E-state index contributed by atoms with van der Waals surface area (Å²) >= 11 is 3.25. The molecule has 2 aromatic carbocycles. The van der Waals surface area contributed by atoms with E-state index in [0.717, 1.165) is 4.47 Å². The number of furan rings is 1. The number of benzene rings is 2. The smallest absolute Gasteiger partial charge is 0.271 e. The third-order valence-electron chi connectivity index (χ3n) is 3.71. The van der Waals surface area contributed by atoms with Crippen LogP contribution in [0.25, 0.3) is 0 Å². The summed E-state index contributed by atoms with van der Waals surface area (Å²) in [4.78, 5) is 12.0. The fraction of sp³-hybridized carbons (Fsp3) is 0.0526. The van der Waals surface area contributed by atoms with Crippen LogP contribution in [0.15, 0.2) is 79.6 Å². The number of hydrazone groups is 1. The van der Waals surface area contributed by atoms with E-state index in [1.165, 1.54) is 42.6 Å². The predicted octanol–water partition coefficient (Wildman–Crippen LogP) is 3.42. The van der Waals surface area contributed by atoms with Crippen LogP contribution in [0.3, 0.4) is 0 Å². The lowest BCUT2D eigenvalue weighted by molar-refractivity contribution is 0.0955. The van der Waals surface area contributed by atoms with Gasteiger partial charge in [0.25, 0.3) is 5.91 Å². The van der Waals surface area contributed by atoms with E-state index in [0.29, 0.717) is 11.5 Å². The van der Waals surface area contributed by atoms with Crippen LogP contribution < -0.4 is 10.1 Å². The zero-order valence-corrected chi connectivity index (χ0v) is 17.2. The first kappa shape index (κ1) is 20.9. The molecule has 150 valence electrons. The number of hydrogen-bond donors (Lipinski definition) is 2. The maximum absolute atomic E-state index is 12.9. The van der Waals surface area contributed by atoms with Gasteiger partial charge in [-0.2, -0.15) is 5.10 Å². The second kappa shape index (κ2) is 9.12. The quantitative estimate of drug-likeness (QED) is 0.400. The molecule has 29 heavy (non-hydrogen) atoms. The van der Waals surface area contributed by atoms with Crippen molar-refractivity contribution in [3.05, 3.63) is 88.0 Å². The number of carbonyl (C=O) groups excluding carboxylic acids is 1. The Morgan fingerprint density at radius 3 is 2.45 bits per heavy atom. The molecule has 0 spiro atoms. The number of nitrogens with zero attached hydrogens (tertiary/aromatic N) is 1. The van der Waals surface area contributed by atoms with Gasteiger partial charge in [-0.3, -0.25) is 4.79 Å². The summed E-state index contributed by atoms with van der Waals surface area (Å²) in [6.45, 7) is -0.0474. The van der Waals surface area contributed by atoms with Gasteiger partial charge in [-0.25, -0.2) is 23.0 Å². The SMILES string of the molecule is O=C(N/N=C\c1ccc(CNS(=O)(=O)c2ccc(Br)cc2)o1)c1ccc(F)cc1. The Morgan fingerprint density at radius 2 is 1.76 bits per heavy atom. The first-order chi connectivity index (χ1) is 13.8. The molecule has 10 heteroatoms. The minimum absolute atomic E-state index is 0.0474. The molecule has 3 rings (SSSR count). The van der Waals surface area contributed by atoms with E-state index in [9.17, 15) is 17.6 Å². The van der Waals surface area contributed by atoms with Gasteiger partial charge in [0.05, 0.1) is 17.7 Å². The molecule has 0 saturated heterocycles. The van der Waals surface area contributed by atoms with Crippen molar-refractivity contribution in [1.29, 1.82) is 0 Å². The van der Waals surface area contributed by atoms with Gasteiger partial charge in [-0.15, -0.1) is 0 Å². The van der Waals surface area contributed by atoms with Crippen LogP contribution >= 0.6 is 15.9 Å². The first-order valence-electron chi connectivity index (χ1n) is 8.26. The third-order valence-corrected chi connectivity index (χ3v) is 5.65. The molecule has 0 aliphatic rings. The van der Waals surface area contributed by atoms with E-state index in [1.807, 2.05) is 0 Å². The monoisotopic (exact) mass is 479 g/mol. The summed E-state index contributed by atoms with van der Waals surface area (Å²) in [5.41, 5.74) is 2.55. The third kappa shape index (κ3) is 5.83. The van der Waals surface area contributed by atoms with Crippen LogP contribution in [0.5, 0.6) is 0 Å². The Balaban J connectivity index is 1.55. The van der Waals surface area contributed by atoms with E-state index >= 15 is 0 Å². The standard InChI is InChI=1S/C19H15BrFN3O4S/c20-14-3-9-18(10-4-14)29(26,27)23-12-17-8-7-16(28-17)11-22-24-19(25)13-1-5-15(21)6-2-13/h1-11,23H,12H2,(H,24,25)/b22-11-. The number of nitrogens with one attached hydrogen (secondary N) is 2. The molecular formula is C19H15BrFN3O4S. The van der Waals surface area contributed by atoms with Crippen LogP contribution in [0.1, 0.15) is 21.9 Å². The first-order valence-corrected chi connectivity index (χ1v) is 10.5. The highest BCUT2D eigenvalue weighted by atomic mass is 79.9. The van der Waals surface area contributed by atoms with E-state index in [2.05, 4.69) is 31.2 Å². The molecule has 0 unspecified atom stereocenters. The van der Waals surface area contributed by atoms with Crippen molar-refractivity contribution >= 4 is 38.1 Å². The molecule has 7 nitrogen and oxygen atoms in total. The summed E-state index contributed by atoms with van der Waals surface area (Å²) < 4.78 is 46.0. The predicted molar refractivity (Wildman–Crippen MR) is 108 cm³/mol. The summed E-state index contributed by atoms with van der Waals surface area (Å²) in [6, 6.07) is 14.4. The molecule has 1 aromatic heterocycles. The van der Waals surface area contributed by atoms with Crippen LogP contribution in [-0.2, 0) is 16.6 Å². The number of halogens is 2. The highest BCUT2D eigenvalue weighted by Crippen LogP contribution is 2.15. The number of carbonyl (C=O) groups is 1. The van der Waals surface area contributed by atoms with Gasteiger partial charge in [0.1, 0.15) is 17.3 Å². The minimum atomic E-state index is -3.68.